The first kappa shape index (κ1) is 13.2. The van der Waals surface area contributed by atoms with Gasteiger partial charge in [-0.1, -0.05) is 36.4 Å². The van der Waals surface area contributed by atoms with Gasteiger partial charge < -0.3 is 14.7 Å². The Morgan fingerprint density at radius 1 is 0.792 bits per heavy atom. The van der Waals surface area contributed by atoms with Crippen molar-refractivity contribution in [3.63, 3.8) is 0 Å². The van der Waals surface area contributed by atoms with E-state index >= 15 is 0 Å². The van der Waals surface area contributed by atoms with Crippen LogP contribution in [0, 0.1) is 0 Å². The number of carbonyl (C=O) groups excluding carboxylic acids is 1. The minimum atomic E-state index is -0.264. The van der Waals surface area contributed by atoms with Crippen LogP contribution < -0.4 is 0 Å². The number of hydrogen-bond acceptors (Lipinski definition) is 2. The zero-order valence-electron chi connectivity index (χ0n) is 12.8. The van der Waals surface area contributed by atoms with E-state index in [0.29, 0.717) is 12.2 Å². The van der Waals surface area contributed by atoms with E-state index in [1.807, 2.05) is 54.9 Å². The molecule has 5 rings (SSSR count). The summed E-state index contributed by atoms with van der Waals surface area (Å²) in [6, 6.07) is 16.1. The van der Waals surface area contributed by atoms with Crippen LogP contribution >= 0.6 is 0 Å². The number of fused-ring (bicyclic) bond motifs is 2. The molecule has 2 N–H and O–H groups in total. The number of ether oxygens (including phenoxy) is 1. The second-order valence-corrected chi connectivity index (χ2v) is 5.93. The number of para-hydroxylation sites is 2. The van der Waals surface area contributed by atoms with Crippen LogP contribution in [0.5, 0.6) is 0 Å². The lowest BCUT2D eigenvalue weighted by Gasteiger charge is -2.02. The molecule has 0 bridgehead atoms. The molecule has 0 saturated heterocycles. The topological polar surface area (TPSA) is 57.9 Å². The molecular formula is C20H14N2O2. The Labute approximate surface area is 137 Å². The van der Waals surface area contributed by atoms with Crippen molar-refractivity contribution in [2.75, 3.05) is 6.61 Å². The maximum Gasteiger partial charge on any atom is 0.339 e. The first-order valence-corrected chi connectivity index (χ1v) is 7.86. The Hall–Kier alpha value is -3.27. The molecule has 4 heteroatoms. The molecule has 0 radical (unpaired) electrons. The first-order valence-electron chi connectivity index (χ1n) is 7.86. The van der Waals surface area contributed by atoms with E-state index in [1.165, 1.54) is 0 Å². The standard InChI is InChI=1S/C20H14N2O2/c23-20-19(15-10-22-18-8-4-2-6-13(15)18)16(11-24-20)14-9-21-17-7-3-1-5-12(14)17/h1-10,21-22H,11H2. The summed E-state index contributed by atoms with van der Waals surface area (Å²) in [6.45, 7) is 0.301. The van der Waals surface area contributed by atoms with Gasteiger partial charge in [0.05, 0.1) is 5.57 Å². The molecular weight excluding hydrogens is 300 g/mol. The lowest BCUT2D eigenvalue weighted by Crippen LogP contribution is -1.97. The van der Waals surface area contributed by atoms with Crippen molar-refractivity contribution in [1.29, 1.82) is 0 Å². The van der Waals surface area contributed by atoms with Gasteiger partial charge in [-0.05, 0) is 12.1 Å². The number of benzene rings is 2. The van der Waals surface area contributed by atoms with Crippen LogP contribution in [0.3, 0.4) is 0 Å². The second-order valence-electron chi connectivity index (χ2n) is 5.93. The fourth-order valence-electron chi connectivity index (χ4n) is 3.49. The van der Waals surface area contributed by atoms with Gasteiger partial charge in [-0.3, -0.25) is 0 Å². The third kappa shape index (κ3) is 1.77. The van der Waals surface area contributed by atoms with Crippen molar-refractivity contribution in [3.05, 3.63) is 72.1 Å². The highest BCUT2D eigenvalue weighted by Gasteiger charge is 2.30. The molecule has 0 amide bonds. The Balaban J connectivity index is 1.80. The van der Waals surface area contributed by atoms with Crippen molar-refractivity contribution < 1.29 is 9.53 Å². The number of aromatic nitrogens is 2. The second kappa shape index (κ2) is 4.86. The smallest absolute Gasteiger partial charge is 0.339 e. The zero-order chi connectivity index (χ0) is 16.1. The van der Waals surface area contributed by atoms with Gasteiger partial charge in [-0.15, -0.1) is 0 Å². The van der Waals surface area contributed by atoms with Gasteiger partial charge in [0.25, 0.3) is 0 Å². The number of H-pyrrole nitrogens is 2. The summed E-state index contributed by atoms with van der Waals surface area (Å²) < 4.78 is 5.38. The fraction of sp³-hybridized carbons (Fsp3) is 0.0500. The normalized spacial score (nSPS) is 14.8. The van der Waals surface area contributed by atoms with Crippen molar-refractivity contribution in [2.24, 2.45) is 0 Å². The lowest BCUT2D eigenvalue weighted by molar-refractivity contribution is -0.133. The number of esters is 1. The van der Waals surface area contributed by atoms with Gasteiger partial charge >= 0.3 is 5.97 Å². The van der Waals surface area contributed by atoms with E-state index < -0.39 is 0 Å². The van der Waals surface area contributed by atoms with E-state index in [2.05, 4.69) is 16.0 Å². The zero-order valence-corrected chi connectivity index (χ0v) is 12.8. The number of hydrogen-bond donors (Lipinski definition) is 2. The molecule has 0 unspecified atom stereocenters. The average molecular weight is 314 g/mol. The molecule has 24 heavy (non-hydrogen) atoms. The minimum Gasteiger partial charge on any atom is -0.457 e. The van der Waals surface area contributed by atoms with Crippen LogP contribution in [0.4, 0.5) is 0 Å². The van der Waals surface area contributed by atoms with Gasteiger partial charge in [0.2, 0.25) is 0 Å². The third-order valence-electron chi connectivity index (χ3n) is 4.63. The largest absolute Gasteiger partial charge is 0.457 e. The molecule has 0 saturated carbocycles. The Morgan fingerprint density at radius 2 is 1.38 bits per heavy atom. The van der Waals surface area contributed by atoms with Gasteiger partial charge in [0.15, 0.2) is 0 Å². The highest BCUT2D eigenvalue weighted by molar-refractivity contribution is 6.30. The predicted octanol–water partition coefficient (Wildman–Crippen LogP) is 4.12. The molecule has 2 aromatic heterocycles. The van der Waals surface area contributed by atoms with E-state index in [-0.39, 0.29) is 5.97 Å². The molecule has 3 heterocycles. The van der Waals surface area contributed by atoms with Crippen LogP contribution in [0.15, 0.2) is 60.9 Å². The molecule has 4 aromatic rings. The number of cyclic esters (lactones) is 1. The SMILES string of the molecule is O=C1OCC(c2c[nH]c3ccccc23)=C1c1c[nH]c2ccccc12. The molecule has 0 fully saturated rings. The van der Waals surface area contributed by atoms with Crippen LogP contribution in [0.25, 0.3) is 33.0 Å². The minimum absolute atomic E-state index is 0.264. The summed E-state index contributed by atoms with van der Waals surface area (Å²) >= 11 is 0. The van der Waals surface area contributed by atoms with Crippen molar-refractivity contribution in [2.45, 2.75) is 0 Å². The summed E-state index contributed by atoms with van der Waals surface area (Å²) in [7, 11) is 0. The summed E-state index contributed by atoms with van der Waals surface area (Å²) in [4.78, 5) is 19.0. The van der Waals surface area contributed by atoms with Crippen molar-refractivity contribution >= 4 is 38.9 Å². The summed E-state index contributed by atoms with van der Waals surface area (Å²) in [5, 5.41) is 2.13. The summed E-state index contributed by atoms with van der Waals surface area (Å²) in [5.74, 6) is -0.264. The van der Waals surface area contributed by atoms with Gasteiger partial charge in [0.1, 0.15) is 6.61 Å². The van der Waals surface area contributed by atoms with Gasteiger partial charge in [0, 0.05) is 50.9 Å². The van der Waals surface area contributed by atoms with Crippen LogP contribution in [-0.4, -0.2) is 22.5 Å². The Bertz CT molecular complexity index is 1130. The molecule has 1 aliphatic heterocycles. The quantitative estimate of drug-likeness (QED) is 0.547. The van der Waals surface area contributed by atoms with E-state index in [4.69, 9.17) is 4.74 Å². The molecule has 1 aliphatic rings. The molecule has 116 valence electrons. The van der Waals surface area contributed by atoms with E-state index in [1.54, 1.807) is 0 Å². The van der Waals surface area contributed by atoms with E-state index in [0.717, 1.165) is 38.5 Å². The number of rotatable bonds is 2. The molecule has 0 atom stereocenters. The van der Waals surface area contributed by atoms with Crippen molar-refractivity contribution in [3.8, 4) is 0 Å². The molecule has 0 aliphatic carbocycles. The Kier molecular flexibility index (Phi) is 2.67. The molecule has 0 spiro atoms. The average Bonchev–Trinajstić information content (AvgIpc) is 3.31. The third-order valence-corrected chi connectivity index (χ3v) is 4.63. The number of aromatic amines is 2. The molecule has 2 aromatic carbocycles. The molecule has 4 nitrogen and oxygen atoms in total. The highest BCUT2D eigenvalue weighted by Crippen LogP contribution is 2.38. The monoisotopic (exact) mass is 314 g/mol. The van der Waals surface area contributed by atoms with Crippen molar-refractivity contribution in [1.82, 2.24) is 9.97 Å². The predicted molar refractivity (Wildman–Crippen MR) is 94.4 cm³/mol. The number of carbonyl (C=O) groups is 1. The summed E-state index contributed by atoms with van der Waals surface area (Å²) in [5.41, 5.74) is 5.57. The maximum absolute atomic E-state index is 12.5. The summed E-state index contributed by atoms with van der Waals surface area (Å²) in [6.07, 6.45) is 3.85. The van der Waals surface area contributed by atoms with Gasteiger partial charge in [-0.2, -0.15) is 0 Å². The first-order chi connectivity index (χ1) is 11.8. The van der Waals surface area contributed by atoms with E-state index in [9.17, 15) is 4.79 Å². The van der Waals surface area contributed by atoms with Crippen LogP contribution in [0.1, 0.15) is 11.1 Å². The lowest BCUT2D eigenvalue weighted by atomic mass is 9.96. The maximum atomic E-state index is 12.5. The highest BCUT2D eigenvalue weighted by atomic mass is 16.5. The van der Waals surface area contributed by atoms with Crippen LogP contribution in [0.2, 0.25) is 0 Å². The Morgan fingerprint density at radius 3 is 2.08 bits per heavy atom. The van der Waals surface area contributed by atoms with Crippen LogP contribution in [-0.2, 0) is 9.53 Å². The number of nitrogens with one attached hydrogen (secondary N) is 2. The fourth-order valence-corrected chi connectivity index (χ4v) is 3.49. The van der Waals surface area contributed by atoms with Gasteiger partial charge in [-0.25, -0.2) is 4.79 Å².